The van der Waals surface area contributed by atoms with Crippen LogP contribution in [0.5, 0.6) is 0 Å². The lowest BCUT2D eigenvalue weighted by Crippen LogP contribution is -2.36. The van der Waals surface area contributed by atoms with Crippen molar-refractivity contribution < 1.29 is 14.1 Å². The minimum absolute atomic E-state index is 0.0564. The van der Waals surface area contributed by atoms with Crippen LogP contribution < -0.4 is 4.90 Å². The Morgan fingerprint density at radius 3 is 2.39 bits per heavy atom. The van der Waals surface area contributed by atoms with Crippen molar-refractivity contribution in [3.05, 3.63) is 69.5 Å². The number of halogens is 1. The van der Waals surface area contributed by atoms with Crippen LogP contribution in [0.1, 0.15) is 35.2 Å². The second kappa shape index (κ2) is 9.43. The number of anilines is 1. The van der Waals surface area contributed by atoms with E-state index in [1.165, 1.54) is 24.3 Å². The monoisotopic (exact) mass is 426 g/mol. The topological polar surface area (TPSA) is 69.9 Å². The van der Waals surface area contributed by atoms with Crippen molar-refractivity contribution in [2.24, 2.45) is 0 Å². The maximum Gasteiger partial charge on any atom is 0.270 e. The average molecular weight is 426 g/mol. The minimum atomic E-state index is -0.447. The summed E-state index contributed by atoms with van der Waals surface area (Å²) in [5.74, 6) is -0.392. The molecule has 0 unspecified atom stereocenters. The number of carbonyl (C=O) groups excluding carboxylic acids is 1. The van der Waals surface area contributed by atoms with Crippen molar-refractivity contribution in [2.45, 2.75) is 25.8 Å². The molecule has 1 amide bonds. The van der Waals surface area contributed by atoms with Crippen molar-refractivity contribution in [3.8, 4) is 0 Å². The predicted octanol–water partition coefficient (Wildman–Crippen LogP) is 3.68. The van der Waals surface area contributed by atoms with Gasteiger partial charge in [-0.25, -0.2) is 4.39 Å². The van der Waals surface area contributed by atoms with Gasteiger partial charge in [-0.15, -0.1) is 0 Å². The van der Waals surface area contributed by atoms with E-state index in [2.05, 4.69) is 9.80 Å². The molecule has 2 aromatic carbocycles. The van der Waals surface area contributed by atoms with Gasteiger partial charge in [0, 0.05) is 57.9 Å². The highest BCUT2D eigenvalue weighted by molar-refractivity contribution is 6.00. The lowest BCUT2D eigenvalue weighted by atomic mass is 10.1. The fourth-order valence-electron chi connectivity index (χ4n) is 4.39. The molecule has 2 aromatic rings. The Labute approximate surface area is 181 Å². The van der Waals surface area contributed by atoms with Crippen molar-refractivity contribution in [1.29, 1.82) is 0 Å². The maximum absolute atomic E-state index is 13.4. The molecular formula is C23H27FN4O3. The van der Waals surface area contributed by atoms with Crippen molar-refractivity contribution in [2.75, 3.05) is 44.2 Å². The number of rotatable bonds is 5. The van der Waals surface area contributed by atoms with E-state index in [-0.39, 0.29) is 17.4 Å². The van der Waals surface area contributed by atoms with Gasteiger partial charge >= 0.3 is 0 Å². The summed E-state index contributed by atoms with van der Waals surface area (Å²) in [4.78, 5) is 30.5. The van der Waals surface area contributed by atoms with Crippen LogP contribution in [0.15, 0.2) is 42.5 Å². The number of nitro benzene ring substituents is 1. The quantitative estimate of drug-likeness (QED) is 0.539. The molecule has 8 heteroatoms. The highest BCUT2D eigenvalue weighted by atomic mass is 19.1. The molecule has 2 heterocycles. The maximum atomic E-state index is 13.4. The van der Waals surface area contributed by atoms with E-state index in [4.69, 9.17) is 0 Å². The highest BCUT2D eigenvalue weighted by Crippen LogP contribution is 2.29. The summed E-state index contributed by atoms with van der Waals surface area (Å²) in [5.41, 5.74) is 2.19. The smallest absolute Gasteiger partial charge is 0.270 e. The molecule has 4 rings (SSSR count). The molecule has 0 saturated carbocycles. The van der Waals surface area contributed by atoms with E-state index in [0.717, 1.165) is 50.1 Å². The van der Waals surface area contributed by atoms with Gasteiger partial charge in [0.25, 0.3) is 11.6 Å². The zero-order valence-electron chi connectivity index (χ0n) is 17.5. The third-order valence-corrected chi connectivity index (χ3v) is 6.06. The van der Waals surface area contributed by atoms with Gasteiger partial charge < -0.3 is 9.80 Å². The molecule has 2 saturated heterocycles. The molecule has 2 fully saturated rings. The first-order chi connectivity index (χ1) is 15.0. The fraction of sp³-hybridized carbons (Fsp3) is 0.435. The number of hydrogen-bond acceptors (Lipinski definition) is 5. The summed E-state index contributed by atoms with van der Waals surface area (Å²) in [7, 11) is 0. The fourth-order valence-corrected chi connectivity index (χ4v) is 4.39. The summed E-state index contributed by atoms with van der Waals surface area (Å²) in [6, 6.07) is 11.1. The average Bonchev–Trinajstić information content (AvgIpc) is 3.21. The van der Waals surface area contributed by atoms with Gasteiger partial charge in [0.2, 0.25) is 0 Å². The van der Waals surface area contributed by atoms with Crippen molar-refractivity contribution >= 4 is 17.3 Å². The van der Waals surface area contributed by atoms with Crippen LogP contribution >= 0.6 is 0 Å². The number of hydrogen-bond donors (Lipinski definition) is 0. The van der Waals surface area contributed by atoms with E-state index in [1.807, 2.05) is 4.90 Å². The molecule has 0 atom stereocenters. The number of nitrogens with zero attached hydrogens (tertiary/aromatic N) is 4. The van der Waals surface area contributed by atoms with Gasteiger partial charge in [-0.2, -0.15) is 0 Å². The van der Waals surface area contributed by atoms with E-state index in [1.54, 1.807) is 18.2 Å². The van der Waals surface area contributed by atoms with E-state index in [9.17, 15) is 19.3 Å². The molecule has 164 valence electrons. The van der Waals surface area contributed by atoms with Gasteiger partial charge in [0.1, 0.15) is 5.82 Å². The van der Waals surface area contributed by atoms with Crippen LogP contribution in [0.4, 0.5) is 15.8 Å². The molecule has 31 heavy (non-hydrogen) atoms. The SMILES string of the molecule is O=C(c1cc([N+](=O)[O-])ccc1N1CCCC1)N1CCCN(Cc2ccc(F)cc2)CC1. The zero-order chi connectivity index (χ0) is 21.8. The molecule has 0 radical (unpaired) electrons. The van der Waals surface area contributed by atoms with Crippen LogP contribution in [0.2, 0.25) is 0 Å². The van der Waals surface area contributed by atoms with Crippen LogP contribution in [0.3, 0.4) is 0 Å². The Morgan fingerprint density at radius 2 is 1.68 bits per heavy atom. The molecular weight excluding hydrogens is 399 g/mol. The van der Waals surface area contributed by atoms with Crippen LogP contribution in [0.25, 0.3) is 0 Å². The Hall–Kier alpha value is -3.00. The highest BCUT2D eigenvalue weighted by Gasteiger charge is 2.27. The normalized spacial score (nSPS) is 17.6. The summed E-state index contributed by atoms with van der Waals surface area (Å²) >= 11 is 0. The van der Waals surface area contributed by atoms with Gasteiger partial charge in [0.15, 0.2) is 0 Å². The third-order valence-electron chi connectivity index (χ3n) is 6.06. The molecule has 2 aliphatic heterocycles. The first-order valence-electron chi connectivity index (χ1n) is 10.8. The standard InChI is InChI=1S/C23H27FN4O3/c24-19-6-4-18(5-7-19)17-25-10-3-13-27(15-14-25)23(29)21-16-20(28(30)31)8-9-22(21)26-11-1-2-12-26/h4-9,16H,1-3,10-15,17H2. The summed E-state index contributed by atoms with van der Waals surface area (Å²) < 4.78 is 13.2. The number of carbonyl (C=O) groups is 1. The van der Waals surface area contributed by atoms with Gasteiger partial charge in [-0.1, -0.05) is 12.1 Å². The third kappa shape index (κ3) is 5.02. The number of benzene rings is 2. The number of nitro groups is 1. The number of amides is 1. The molecule has 0 bridgehead atoms. The van der Waals surface area contributed by atoms with Crippen LogP contribution in [-0.4, -0.2) is 59.9 Å². The molecule has 0 N–H and O–H groups in total. The molecule has 7 nitrogen and oxygen atoms in total. The van der Waals surface area contributed by atoms with Crippen LogP contribution in [-0.2, 0) is 6.54 Å². The summed E-state index contributed by atoms with van der Waals surface area (Å²) in [5, 5.41) is 11.3. The summed E-state index contributed by atoms with van der Waals surface area (Å²) in [6.07, 6.45) is 2.94. The van der Waals surface area contributed by atoms with E-state index < -0.39 is 4.92 Å². The van der Waals surface area contributed by atoms with Gasteiger partial charge in [0.05, 0.1) is 16.2 Å². The summed E-state index contributed by atoms with van der Waals surface area (Å²) in [6.45, 7) is 5.15. The lowest BCUT2D eigenvalue weighted by molar-refractivity contribution is -0.384. The predicted molar refractivity (Wildman–Crippen MR) is 117 cm³/mol. The number of non-ortho nitro benzene ring substituents is 1. The first kappa shape index (κ1) is 21.2. The van der Waals surface area contributed by atoms with Crippen LogP contribution in [0, 0.1) is 15.9 Å². The Morgan fingerprint density at radius 1 is 0.935 bits per heavy atom. The Kier molecular flexibility index (Phi) is 6.46. The molecule has 0 aromatic heterocycles. The second-order valence-corrected chi connectivity index (χ2v) is 8.20. The Balaban J connectivity index is 1.49. The first-order valence-corrected chi connectivity index (χ1v) is 10.8. The lowest BCUT2D eigenvalue weighted by Gasteiger charge is -2.26. The molecule has 0 aliphatic carbocycles. The molecule has 2 aliphatic rings. The van der Waals surface area contributed by atoms with E-state index in [0.29, 0.717) is 31.7 Å². The van der Waals surface area contributed by atoms with Gasteiger partial charge in [-0.3, -0.25) is 19.8 Å². The molecule has 0 spiro atoms. The van der Waals surface area contributed by atoms with Crippen molar-refractivity contribution in [1.82, 2.24) is 9.80 Å². The Bertz CT molecular complexity index is 944. The van der Waals surface area contributed by atoms with E-state index >= 15 is 0 Å². The zero-order valence-corrected chi connectivity index (χ0v) is 17.5. The second-order valence-electron chi connectivity index (χ2n) is 8.20. The van der Waals surface area contributed by atoms with Gasteiger partial charge in [-0.05, 0) is 43.0 Å². The largest absolute Gasteiger partial charge is 0.371 e. The minimum Gasteiger partial charge on any atom is -0.371 e. The van der Waals surface area contributed by atoms with Crippen molar-refractivity contribution in [3.63, 3.8) is 0 Å².